The number of ether oxygens (including phenoxy) is 2. The van der Waals surface area contributed by atoms with Crippen LogP contribution in [0.25, 0.3) is 10.9 Å². The van der Waals surface area contributed by atoms with E-state index in [1.807, 2.05) is 25.1 Å². The summed E-state index contributed by atoms with van der Waals surface area (Å²) in [5.74, 6) is -0.562. The number of hydrogen-bond donors (Lipinski definition) is 1. The van der Waals surface area contributed by atoms with E-state index < -0.39 is 24.1 Å². The van der Waals surface area contributed by atoms with Crippen LogP contribution in [0.2, 0.25) is 0 Å². The number of benzene rings is 1. The number of Topliss-reactive ketones (excluding diaryl/α,β-unsaturated/α-hetero) is 1. The maximum absolute atomic E-state index is 13.2. The van der Waals surface area contributed by atoms with Crippen LogP contribution in [0.5, 0.6) is 5.75 Å². The molecular formula is C26H32F2N4O4. The van der Waals surface area contributed by atoms with E-state index in [4.69, 9.17) is 9.47 Å². The number of hydrogen-bond acceptors (Lipinski definition) is 6. The van der Waals surface area contributed by atoms with Crippen molar-refractivity contribution in [3.63, 3.8) is 0 Å². The maximum Gasteiger partial charge on any atom is 0.410 e. The fourth-order valence-electron chi connectivity index (χ4n) is 4.12. The van der Waals surface area contributed by atoms with Crippen LogP contribution in [-0.4, -0.2) is 72.6 Å². The number of H-pyrrole nitrogens is 1. The number of allylic oxidation sites excluding steroid dienone is 1. The van der Waals surface area contributed by atoms with Crippen molar-refractivity contribution in [3.05, 3.63) is 41.1 Å². The summed E-state index contributed by atoms with van der Waals surface area (Å²) >= 11 is 0. The van der Waals surface area contributed by atoms with Gasteiger partial charge in [-0.15, -0.1) is 0 Å². The number of carbonyl (C=O) groups is 2. The number of piperidine rings is 1. The van der Waals surface area contributed by atoms with E-state index in [0.717, 1.165) is 0 Å². The molecule has 0 aliphatic carbocycles. The number of fused-ring (bicyclic) bond motifs is 1. The van der Waals surface area contributed by atoms with Gasteiger partial charge < -0.3 is 24.3 Å². The van der Waals surface area contributed by atoms with Gasteiger partial charge in [0.15, 0.2) is 0 Å². The maximum atomic E-state index is 13.2. The Bertz CT molecular complexity index is 1180. The second kappa shape index (κ2) is 11.1. The third-order valence-corrected chi connectivity index (χ3v) is 5.82. The molecule has 1 saturated heterocycles. The van der Waals surface area contributed by atoms with Gasteiger partial charge in [-0.3, -0.25) is 4.79 Å². The highest BCUT2D eigenvalue weighted by Crippen LogP contribution is 2.38. The van der Waals surface area contributed by atoms with Crippen LogP contribution in [0.1, 0.15) is 55.6 Å². The van der Waals surface area contributed by atoms with E-state index in [0.29, 0.717) is 48.9 Å². The highest BCUT2D eigenvalue weighted by atomic mass is 19.3. The summed E-state index contributed by atoms with van der Waals surface area (Å²) < 4.78 is 36.7. The number of aromatic amines is 1. The zero-order valence-electron chi connectivity index (χ0n) is 21.2. The lowest BCUT2D eigenvalue weighted by molar-refractivity contribution is -0.0506. The minimum absolute atomic E-state index is 0.00551. The summed E-state index contributed by atoms with van der Waals surface area (Å²) in [5, 5.41) is 9.94. The monoisotopic (exact) mass is 502 g/mol. The molecule has 0 atom stereocenters. The first-order valence-electron chi connectivity index (χ1n) is 11.8. The van der Waals surface area contributed by atoms with Gasteiger partial charge in [-0.05, 0) is 83.5 Å². The van der Waals surface area contributed by atoms with E-state index >= 15 is 0 Å². The van der Waals surface area contributed by atoms with E-state index in [1.165, 1.54) is 12.1 Å². The Balaban J connectivity index is 1.87. The largest absolute Gasteiger partial charge is 0.444 e. The summed E-state index contributed by atoms with van der Waals surface area (Å²) in [4.78, 5) is 31.7. The molecule has 2 aromatic rings. The molecule has 2 heterocycles. The number of nitrogens with zero attached hydrogens (tertiary/aromatic N) is 3. The molecule has 8 nitrogen and oxygen atoms in total. The molecule has 1 aromatic carbocycles. The molecule has 194 valence electrons. The number of aromatic nitrogens is 1. The average molecular weight is 503 g/mol. The van der Waals surface area contributed by atoms with Crippen LogP contribution in [0.3, 0.4) is 0 Å². The molecule has 0 radical (unpaired) electrons. The van der Waals surface area contributed by atoms with Crippen molar-refractivity contribution in [1.29, 1.82) is 5.26 Å². The third kappa shape index (κ3) is 6.82. The standard InChI is InChI=1S/C26H32F2N4O4/c1-26(2,3)36-25(34)32-10-7-16(8-11-32)19-14-20-18(13-22(19)35-24(27)28)12-21(30-20)23(33)17(15-29)6-9-31(4)5/h6,12-14,16,24,30H,7-11H2,1-5H3/b17-6+. The van der Waals surface area contributed by atoms with E-state index in [-0.39, 0.29) is 22.9 Å². The van der Waals surface area contributed by atoms with Gasteiger partial charge in [-0.25, -0.2) is 4.79 Å². The van der Waals surface area contributed by atoms with Gasteiger partial charge in [0.1, 0.15) is 17.4 Å². The Kier molecular flexibility index (Phi) is 8.35. The molecule has 1 aliphatic heterocycles. The van der Waals surface area contributed by atoms with Crippen molar-refractivity contribution < 1.29 is 27.8 Å². The molecule has 1 fully saturated rings. The van der Waals surface area contributed by atoms with Crippen molar-refractivity contribution in [2.24, 2.45) is 0 Å². The van der Waals surface area contributed by atoms with Gasteiger partial charge in [0.25, 0.3) is 0 Å². The summed E-state index contributed by atoms with van der Waals surface area (Å²) in [6.07, 6.45) is 2.23. The van der Waals surface area contributed by atoms with Crippen molar-refractivity contribution >= 4 is 22.8 Å². The Labute approximate surface area is 209 Å². The highest BCUT2D eigenvalue weighted by molar-refractivity contribution is 6.12. The van der Waals surface area contributed by atoms with Crippen LogP contribution in [-0.2, 0) is 4.74 Å². The second-order valence-electron chi connectivity index (χ2n) is 10.1. The smallest absolute Gasteiger partial charge is 0.410 e. The summed E-state index contributed by atoms with van der Waals surface area (Å²) in [7, 11) is 3.64. The van der Waals surface area contributed by atoms with Crippen LogP contribution in [0.4, 0.5) is 13.6 Å². The molecule has 1 aliphatic rings. The van der Waals surface area contributed by atoms with Crippen LogP contribution >= 0.6 is 0 Å². The van der Waals surface area contributed by atoms with E-state index in [9.17, 15) is 23.6 Å². The fourth-order valence-corrected chi connectivity index (χ4v) is 4.12. The Morgan fingerprint density at radius 3 is 2.47 bits per heavy atom. The number of alkyl halides is 2. The number of nitrogens with one attached hydrogen (secondary N) is 1. The lowest BCUT2D eigenvalue weighted by Crippen LogP contribution is -2.41. The van der Waals surface area contributed by atoms with Crippen LogP contribution in [0.15, 0.2) is 29.8 Å². The molecule has 1 aromatic heterocycles. The Morgan fingerprint density at radius 2 is 1.92 bits per heavy atom. The quantitative estimate of drug-likeness (QED) is 0.322. The summed E-state index contributed by atoms with van der Waals surface area (Å²) in [6.45, 7) is 3.65. The summed E-state index contributed by atoms with van der Waals surface area (Å²) in [5.41, 5.74) is 0.739. The fraction of sp³-hybridized carbons (Fsp3) is 0.500. The van der Waals surface area contributed by atoms with Crippen LogP contribution < -0.4 is 4.74 Å². The van der Waals surface area contributed by atoms with Gasteiger partial charge in [-0.2, -0.15) is 14.0 Å². The number of carbonyl (C=O) groups excluding carboxylic acids is 2. The number of nitriles is 1. The molecular weight excluding hydrogens is 470 g/mol. The number of rotatable bonds is 7. The topological polar surface area (TPSA) is 98.7 Å². The van der Waals surface area contributed by atoms with Gasteiger partial charge >= 0.3 is 12.7 Å². The Hall–Kier alpha value is -3.45. The van der Waals surface area contributed by atoms with E-state index in [2.05, 4.69) is 4.98 Å². The molecule has 0 saturated carbocycles. The molecule has 36 heavy (non-hydrogen) atoms. The number of likely N-dealkylation sites (tertiary alicyclic amines) is 1. The molecule has 10 heteroatoms. The molecule has 1 amide bonds. The zero-order valence-corrected chi connectivity index (χ0v) is 21.2. The lowest BCUT2D eigenvalue weighted by Gasteiger charge is -2.34. The first-order valence-corrected chi connectivity index (χ1v) is 11.8. The molecule has 3 rings (SSSR count). The van der Waals surface area contributed by atoms with Gasteiger partial charge in [0.05, 0.1) is 11.3 Å². The number of likely N-dealkylation sites (N-methyl/N-ethyl adjacent to an activating group) is 1. The van der Waals surface area contributed by atoms with Crippen molar-refractivity contribution in [2.45, 2.75) is 51.7 Å². The minimum Gasteiger partial charge on any atom is -0.444 e. The molecule has 0 bridgehead atoms. The molecule has 0 spiro atoms. The number of halogens is 2. The first-order chi connectivity index (χ1) is 16.9. The van der Waals surface area contributed by atoms with Crippen LogP contribution in [0, 0.1) is 11.3 Å². The minimum atomic E-state index is -3.01. The molecule has 0 unspecified atom stereocenters. The molecule has 1 N–H and O–H groups in total. The normalized spacial score (nSPS) is 15.4. The van der Waals surface area contributed by atoms with Gasteiger partial charge in [-0.1, -0.05) is 0 Å². The van der Waals surface area contributed by atoms with Crippen molar-refractivity contribution in [3.8, 4) is 11.8 Å². The number of amides is 1. The Morgan fingerprint density at radius 1 is 1.25 bits per heavy atom. The van der Waals surface area contributed by atoms with E-state index in [1.54, 1.807) is 37.8 Å². The van der Waals surface area contributed by atoms with Crippen molar-refractivity contribution in [1.82, 2.24) is 14.8 Å². The van der Waals surface area contributed by atoms with Crippen molar-refractivity contribution in [2.75, 3.05) is 33.7 Å². The zero-order chi connectivity index (χ0) is 26.6. The SMILES string of the molecule is CN(C)C/C=C(\C#N)C(=O)c1cc2cc(OC(F)F)c(C3CCN(C(=O)OC(C)(C)C)CC3)cc2[nH]1. The average Bonchev–Trinajstić information content (AvgIpc) is 3.20. The third-order valence-electron chi connectivity index (χ3n) is 5.82. The predicted octanol–water partition coefficient (Wildman–Crippen LogP) is 5.08. The van der Waals surface area contributed by atoms with Gasteiger partial charge in [0, 0.05) is 30.5 Å². The summed E-state index contributed by atoms with van der Waals surface area (Å²) in [6, 6.07) is 6.66. The van der Waals surface area contributed by atoms with Gasteiger partial charge in [0.2, 0.25) is 5.78 Å². The lowest BCUT2D eigenvalue weighted by atomic mass is 9.88. The second-order valence-corrected chi connectivity index (χ2v) is 10.1. The highest BCUT2D eigenvalue weighted by Gasteiger charge is 2.30. The predicted molar refractivity (Wildman–Crippen MR) is 131 cm³/mol. The first kappa shape index (κ1) is 27.1. The number of ketones is 1.